The third-order valence-corrected chi connectivity index (χ3v) is 1.64. The van der Waals surface area contributed by atoms with Gasteiger partial charge in [-0.05, 0) is 12.5 Å². The Morgan fingerprint density at radius 1 is 1.46 bits per heavy atom. The zero-order valence-corrected chi connectivity index (χ0v) is 7.62. The Labute approximate surface area is 78.5 Å². The van der Waals surface area contributed by atoms with Gasteiger partial charge in [0.05, 0.1) is 6.07 Å². The monoisotopic (exact) mass is 172 g/mol. The average Bonchev–Trinajstić information content (AvgIpc) is 2.19. The van der Waals surface area contributed by atoms with Gasteiger partial charge < -0.3 is 5.32 Å². The molecular weight excluding hydrogens is 160 g/mol. The van der Waals surface area contributed by atoms with Crippen molar-refractivity contribution in [3.05, 3.63) is 47.7 Å². The molecule has 0 aliphatic carbocycles. The number of nitriles is 1. The molecule has 0 fully saturated rings. The van der Waals surface area contributed by atoms with E-state index in [0.717, 1.165) is 6.54 Å². The van der Waals surface area contributed by atoms with Crippen molar-refractivity contribution < 1.29 is 0 Å². The van der Waals surface area contributed by atoms with Crippen LogP contribution in [0.5, 0.6) is 0 Å². The molecule has 0 atom stereocenters. The normalized spacial score (nSPS) is 10.6. The van der Waals surface area contributed by atoms with E-state index in [0.29, 0.717) is 5.57 Å². The minimum atomic E-state index is 0.691. The van der Waals surface area contributed by atoms with Gasteiger partial charge in [-0.2, -0.15) is 5.26 Å². The fourth-order valence-electron chi connectivity index (χ4n) is 0.950. The van der Waals surface area contributed by atoms with E-state index in [1.807, 2.05) is 36.4 Å². The minimum Gasteiger partial charge on any atom is -0.386 e. The fraction of sp³-hybridized carbons (Fsp3) is 0.182. The standard InChI is InChI=1S/C11H12N2/c1-10(7-12)8-13-9-11-5-3-2-4-6-11/h2-6,8,13H,9H2,1H3/b10-8+. The van der Waals surface area contributed by atoms with E-state index in [4.69, 9.17) is 5.26 Å². The summed E-state index contributed by atoms with van der Waals surface area (Å²) in [6, 6.07) is 12.1. The van der Waals surface area contributed by atoms with E-state index < -0.39 is 0 Å². The highest BCUT2D eigenvalue weighted by atomic mass is 14.8. The Balaban J connectivity index is 2.41. The molecule has 1 aromatic rings. The molecule has 0 bridgehead atoms. The summed E-state index contributed by atoms with van der Waals surface area (Å²) in [5, 5.41) is 11.5. The summed E-state index contributed by atoms with van der Waals surface area (Å²) in [5.74, 6) is 0. The first kappa shape index (κ1) is 9.34. The summed E-state index contributed by atoms with van der Waals surface area (Å²) in [6.07, 6.45) is 1.73. The van der Waals surface area contributed by atoms with Crippen molar-refractivity contribution in [2.24, 2.45) is 0 Å². The first-order chi connectivity index (χ1) is 6.33. The number of nitrogens with one attached hydrogen (secondary N) is 1. The maximum atomic E-state index is 8.47. The largest absolute Gasteiger partial charge is 0.386 e. The van der Waals surface area contributed by atoms with Crippen LogP contribution in [0.1, 0.15) is 12.5 Å². The number of allylic oxidation sites excluding steroid dienone is 1. The van der Waals surface area contributed by atoms with Crippen molar-refractivity contribution in [2.45, 2.75) is 13.5 Å². The molecule has 13 heavy (non-hydrogen) atoms. The topological polar surface area (TPSA) is 35.8 Å². The SMILES string of the molecule is C/C(C#N)=C\NCc1ccccc1. The van der Waals surface area contributed by atoms with E-state index in [2.05, 4.69) is 5.32 Å². The maximum Gasteiger partial charge on any atom is 0.0959 e. The van der Waals surface area contributed by atoms with Crippen LogP contribution in [0.2, 0.25) is 0 Å². The van der Waals surface area contributed by atoms with Gasteiger partial charge in [0.2, 0.25) is 0 Å². The molecule has 1 aromatic carbocycles. The fourth-order valence-corrected chi connectivity index (χ4v) is 0.950. The quantitative estimate of drug-likeness (QED) is 0.709. The number of hydrogen-bond donors (Lipinski definition) is 1. The van der Waals surface area contributed by atoms with Crippen LogP contribution in [-0.4, -0.2) is 0 Å². The predicted octanol–water partition coefficient (Wildman–Crippen LogP) is 2.20. The molecule has 0 aliphatic rings. The molecule has 0 unspecified atom stereocenters. The molecule has 0 aromatic heterocycles. The highest BCUT2D eigenvalue weighted by molar-refractivity contribution is 5.18. The highest BCUT2D eigenvalue weighted by Gasteiger charge is 1.87. The Hall–Kier alpha value is -1.75. The molecule has 0 amide bonds. The first-order valence-electron chi connectivity index (χ1n) is 4.17. The molecule has 2 nitrogen and oxygen atoms in total. The molecule has 1 N–H and O–H groups in total. The Morgan fingerprint density at radius 2 is 2.15 bits per heavy atom. The van der Waals surface area contributed by atoms with Crippen LogP contribution in [-0.2, 0) is 6.54 Å². The van der Waals surface area contributed by atoms with E-state index >= 15 is 0 Å². The summed E-state index contributed by atoms with van der Waals surface area (Å²) >= 11 is 0. The van der Waals surface area contributed by atoms with E-state index in [1.165, 1.54) is 5.56 Å². The maximum absolute atomic E-state index is 8.47. The molecule has 0 spiro atoms. The first-order valence-corrected chi connectivity index (χ1v) is 4.17. The average molecular weight is 172 g/mol. The predicted molar refractivity (Wildman–Crippen MR) is 52.7 cm³/mol. The van der Waals surface area contributed by atoms with Gasteiger partial charge in [-0.15, -0.1) is 0 Å². The smallest absolute Gasteiger partial charge is 0.0959 e. The molecule has 0 saturated heterocycles. The molecule has 1 rings (SSSR count). The third kappa shape index (κ3) is 3.44. The lowest BCUT2D eigenvalue weighted by Crippen LogP contribution is -2.04. The van der Waals surface area contributed by atoms with Gasteiger partial charge in [-0.25, -0.2) is 0 Å². The second-order valence-electron chi connectivity index (χ2n) is 2.81. The molecule has 2 heteroatoms. The lowest BCUT2D eigenvalue weighted by atomic mass is 10.2. The summed E-state index contributed by atoms with van der Waals surface area (Å²) in [6.45, 7) is 2.54. The van der Waals surface area contributed by atoms with Crippen LogP contribution >= 0.6 is 0 Å². The van der Waals surface area contributed by atoms with Crippen LogP contribution in [0, 0.1) is 11.3 Å². The van der Waals surface area contributed by atoms with Crippen LogP contribution in [0.3, 0.4) is 0 Å². The summed E-state index contributed by atoms with van der Waals surface area (Å²) in [7, 11) is 0. The minimum absolute atomic E-state index is 0.691. The molecule has 0 saturated carbocycles. The molecule has 0 heterocycles. The van der Waals surface area contributed by atoms with Gasteiger partial charge in [0.1, 0.15) is 0 Å². The molecule has 0 radical (unpaired) electrons. The molecule has 0 aliphatic heterocycles. The Bertz CT molecular complexity index is 320. The summed E-state index contributed by atoms with van der Waals surface area (Å²) in [5.41, 5.74) is 1.90. The number of benzene rings is 1. The van der Waals surface area contributed by atoms with Crippen molar-refractivity contribution in [2.75, 3.05) is 0 Å². The summed E-state index contributed by atoms with van der Waals surface area (Å²) < 4.78 is 0. The highest BCUT2D eigenvalue weighted by Crippen LogP contribution is 1.97. The van der Waals surface area contributed by atoms with Crippen LogP contribution in [0.15, 0.2) is 42.1 Å². The van der Waals surface area contributed by atoms with Gasteiger partial charge in [-0.1, -0.05) is 30.3 Å². The van der Waals surface area contributed by atoms with Gasteiger partial charge >= 0.3 is 0 Å². The number of hydrogen-bond acceptors (Lipinski definition) is 2. The van der Waals surface area contributed by atoms with Crippen molar-refractivity contribution in [3.63, 3.8) is 0 Å². The Kier molecular flexibility index (Phi) is 3.59. The second-order valence-corrected chi connectivity index (χ2v) is 2.81. The zero-order valence-electron chi connectivity index (χ0n) is 7.62. The van der Waals surface area contributed by atoms with Gasteiger partial charge in [0.25, 0.3) is 0 Å². The number of nitrogens with zero attached hydrogens (tertiary/aromatic N) is 1. The Morgan fingerprint density at radius 3 is 2.77 bits per heavy atom. The zero-order chi connectivity index (χ0) is 9.52. The molecular formula is C11H12N2. The van der Waals surface area contributed by atoms with Crippen LogP contribution in [0.25, 0.3) is 0 Å². The van der Waals surface area contributed by atoms with Crippen molar-refractivity contribution in [3.8, 4) is 6.07 Å². The van der Waals surface area contributed by atoms with Gasteiger partial charge in [0, 0.05) is 18.3 Å². The third-order valence-electron chi connectivity index (χ3n) is 1.64. The van der Waals surface area contributed by atoms with Gasteiger partial charge in [-0.3, -0.25) is 0 Å². The summed E-state index contributed by atoms with van der Waals surface area (Å²) in [4.78, 5) is 0. The molecule has 66 valence electrons. The lowest BCUT2D eigenvalue weighted by Gasteiger charge is -2.00. The van der Waals surface area contributed by atoms with Gasteiger partial charge in [0.15, 0.2) is 0 Å². The van der Waals surface area contributed by atoms with E-state index in [-0.39, 0.29) is 0 Å². The lowest BCUT2D eigenvalue weighted by molar-refractivity contribution is 0.864. The van der Waals surface area contributed by atoms with E-state index in [1.54, 1.807) is 13.1 Å². The van der Waals surface area contributed by atoms with Crippen LogP contribution < -0.4 is 5.32 Å². The van der Waals surface area contributed by atoms with Crippen molar-refractivity contribution in [1.29, 1.82) is 5.26 Å². The van der Waals surface area contributed by atoms with Crippen molar-refractivity contribution in [1.82, 2.24) is 5.32 Å². The van der Waals surface area contributed by atoms with Crippen LogP contribution in [0.4, 0.5) is 0 Å². The van der Waals surface area contributed by atoms with Crippen molar-refractivity contribution >= 4 is 0 Å². The number of rotatable bonds is 3. The second kappa shape index (κ2) is 5.00. The van der Waals surface area contributed by atoms with E-state index in [9.17, 15) is 0 Å².